The molecule has 0 atom stereocenters. The molecule has 0 aliphatic carbocycles. The zero-order valence-electron chi connectivity index (χ0n) is 12.2. The third-order valence-electron chi connectivity index (χ3n) is 2.77. The molecule has 0 aliphatic heterocycles. The van der Waals surface area contributed by atoms with E-state index in [4.69, 9.17) is 14.2 Å². The first kappa shape index (κ1) is 15.8. The minimum Gasteiger partial charge on any atom is -0.493 e. The summed E-state index contributed by atoms with van der Waals surface area (Å²) in [5.74, 6) is 1.53. The van der Waals surface area contributed by atoms with E-state index in [1.165, 1.54) is 5.56 Å². The van der Waals surface area contributed by atoms with E-state index in [0.29, 0.717) is 0 Å². The van der Waals surface area contributed by atoms with Crippen molar-refractivity contribution in [2.45, 2.75) is 26.3 Å². The number of hydrogen-bond acceptors (Lipinski definition) is 4. The lowest BCUT2D eigenvalue weighted by Gasteiger charge is -2.10. The molecule has 0 spiro atoms. The smallest absolute Gasteiger partial charge is 0.161 e. The predicted molar refractivity (Wildman–Crippen MR) is 77.0 cm³/mol. The molecule has 0 radical (unpaired) electrons. The second-order valence-corrected chi connectivity index (χ2v) is 4.33. The molecule has 0 saturated carbocycles. The molecule has 19 heavy (non-hydrogen) atoms. The second kappa shape index (κ2) is 9.64. The van der Waals surface area contributed by atoms with Gasteiger partial charge >= 0.3 is 0 Å². The molecule has 1 N–H and O–H groups in total. The number of nitrogens with one attached hydrogen (secondary N) is 1. The molecule has 0 heterocycles. The summed E-state index contributed by atoms with van der Waals surface area (Å²) in [6, 6.07) is 5.97. The highest BCUT2D eigenvalue weighted by molar-refractivity contribution is 5.42. The summed E-state index contributed by atoms with van der Waals surface area (Å²) in [5.41, 5.74) is 1.19. The van der Waals surface area contributed by atoms with Crippen LogP contribution in [0.15, 0.2) is 18.2 Å². The quantitative estimate of drug-likeness (QED) is 0.661. The van der Waals surface area contributed by atoms with Crippen molar-refractivity contribution in [1.82, 2.24) is 5.32 Å². The Kier molecular flexibility index (Phi) is 8.02. The first-order valence-electron chi connectivity index (χ1n) is 6.81. The van der Waals surface area contributed by atoms with E-state index in [0.717, 1.165) is 50.6 Å². The van der Waals surface area contributed by atoms with Gasteiger partial charge < -0.3 is 19.5 Å². The van der Waals surface area contributed by atoms with Gasteiger partial charge in [0.15, 0.2) is 11.5 Å². The Labute approximate surface area is 116 Å². The molecule has 0 unspecified atom stereocenters. The van der Waals surface area contributed by atoms with Gasteiger partial charge in [0.25, 0.3) is 0 Å². The lowest BCUT2D eigenvalue weighted by atomic mass is 10.2. The summed E-state index contributed by atoms with van der Waals surface area (Å²) < 4.78 is 15.9. The van der Waals surface area contributed by atoms with Crippen molar-refractivity contribution in [3.05, 3.63) is 23.8 Å². The maximum absolute atomic E-state index is 5.43. The van der Waals surface area contributed by atoms with Gasteiger partial charge in [-0.2, -0.15) is 0 Å². The lowest BCUT2D eigenvalue weighted by molar-refractivity contribution is 0.132. The normalized spacial score (nSPS) is 10.5. The SMILES string of the molecule is CCCOCCCNCc1ccc(OC)c(OC)c1. The van der Waals surface area contributed by atoms with Crippen LogP contribution in [0, 0.1) is 0 Å². The fourth-order valence-corrected chi connectivity index (χ4v) is 1.77. The first-order valence-corrected chi connectivity index (χ1v) is 6.81. The van der Waals surface area contributed by atoms with Crippen molar-refractivity contribution in [2.75, 3.05) is 34.0 Å². The van der Waals surface area contributed by atoms with Gasteiger partial charge in [0.05, 0.1) is 14.2 Å². The molecule has 0 amide bonds. The molecule has 4 heteroatoms. The van der Waals surface area contributed by atoms with Gasteiger partial charge in [-0.15, -0.1) is 0 Å². The van der Waals surface area contributed by atoms with E-state index in [9.17, 15) is 0 Å². The summed E-state index contributed by atoms with van der Waals surface area (Å²) in [4.78, 5) is 0. The van der Waals surface area contributed by atoms with Crippen molar-refractivity contribution < 1.29 is 14.2 Å². The number of benzene rings is 1. The average molecular weight is 267 g/mol. The van der Waals surface area contributed by atoms with Gasteiger partial charge in [0.1, 0.15) is 0 Å². The van der Waals surface area contributed by atoms with E-state index in [1.807, 2.05) is 18.2 Å². The predicted octanol–water partition coefficient (Wildman–Crippen LogP) is 2.61. The third-order valence-corrected chi connectivity index (χ3v) is 2.77. The summed E-state index contributed by atoms with van der Waals surface area (Å²) in [6.45, 7) is 5.59. The molecule has 1 rings (SSSR count). The molecule has 4 nitrogen and oxygen atoms in total. The Hall–Kier alpha value is -1.26. The lowest BCUT2D eigenvalue weighted by Crippen LogP contribution is -2.16. The molecule has 0 aliphatic rings. The van der Waals surface area contributed by atoms with Gasteiger partial charge in [0, 0.05) is 19.8 Å². The highest BCUT2D eigenvalue weighted by atomic mass is 16.5. The van der Waals surface area contributed by atoms with E-state index in [1.54, 1.807) is 14.2 Å². The highest BCUT2D eigenvalue weighted by Gasteiger charge is 2.03. The van der Waals surface area contributed by atoms with Crippen LogP contribution in [0.4, 0.5) is 0 Å². The maximum Gasteiger partial charge on any atom is 0.161 e. The Morgan fingerprint density at radius 1 is 1.05 bits per heavy atom. The molecule has 1 aromatic carbocycles. The topological polar surface area (TPSA) is 39.7 Å². The van der Waals surface area contributed by atoms with E-state index in [-0.39, 0.29) is 0 Å². The average Bonchev–Trinajstić information content (AvgIpc) is 2.46. The van der Waals surface area contributed by atoms with Gasteiger partial charge in [-0.05, 0) is 37.1 Å². The molecular formula is C15H25NO3. The molecule has 0 bridgehead atoms. The largest absolute Gasteiger partial charge is 0.493 e. The Bertz CT molecular complexity index is 355. The van der Waals surface area contributed by atoms with Crippen LogP contribution < -0.4 is 14.8 Å². The standard InChI is InChI=1S/C15H25NO3/c1-4-9-19-10-5-8-16-12-13-6-7-14(17-2)15(11-13)18-3/h6-7,11,16H,4-5,8-10,12H2,1-3H3. The van der Waals surface area contributed by atoms with Gasteiger partial charge in [-0.25, -0.2) is 0 Å². The third kappa shape index (κ3) is 5.94. The molecule has 0 aromatic heterocycles. The summed E-state index contributed by atoms with van der Waals surface area (Å²) >= 11 is 0. The molecule has 0 saturated heterocycles. The van der Waals surface area contributed by atoms with Crippen molar-refractivity contribution in [2.24, 2.45) is 0 Å². The van der Waals surface area contributed by atoms with E-state index in [2.05, 4.69) is 12.2 Å². The summed E-state index contributed by atoms with van der Waals surface area (Å²) in [5, 5.41) is 3.39. The first-order chi connectivity index (χ1) is 9.31. The van der Waals surface area contributed by atoms with Crippen LogP contribution in [0.3, 0.4) is 0 Å². The van der Waals surface area contributed by atoms with Crippen LogP contribution in [0.25, 0.3) is 0 Å². The van der Waals surface area contributed by atoms with Crippen molar-refractivity contribution in [3.8, 4) is 11.5 Å². The molecule has 0 fully saturated rings. The monoisotopic (exact) mass is 267 g/mol. The molecule has 108 valence electrons. The minimum absolute atomic E-state index is 0.763. The highest BCUT2D eigenvalue weighted by Crippen LogP contribution is 2.27. The molecule has 1 aromatic rings. The van der Waals surface area contributed by atoms with Crippen LogP contribution in [-0.2, 0) is 11.3 Å². The zero-order chi connectivity index (χ0) is 13.9. The Balaban J connectivity index is 2.26. The Morgan fingerprint density at radius 2 is 1.84 bits per heavy atom. The van der Waals surface area contributed by atoms with Crippen molar-refractivity contribution >= 4 is 0 Å². The zero-order valence-corrected chi connectivity index (χ0v) is 12.2. The van der Waals surface area contributed by atoms with Crippen molar-refractivity contribution in [3.63, 3.8) is 0 Å². The van der Waals surface area contributed by atoms with Crippen LogP contribution in [0.1, 0.15) is 25.3 Å². The number of rotatable bonds is 10. The minimum atomic E-state index is 0.763. The van der Waals surface area contributed by atoms with Crippen LogP contribution >= 0.6 is 0 Å². The fourth-order valence-electron chi connectivity index (χ4n) is 1.77. The Morgan fingerprint density at radius 3 is 2.53 bits per heavy atom. The van der Waals surface area contributed by atoms with Crippen LogP contribution in [-0.4, -0.2) is 34.0 Å². The van der Waals surface area contributed by atoms with E-state index < -0.39 is 0 Å². The number of hydrogen-bond donors (Lipinski definition) is 1. The van der Waals surface area contributed by atoms with Gasteiger partial charge in [0.2, 0.25) is 0 Å². The number of ether oxygens (including phenoxy) is 3. The van der Waals surface area contributed by atoms with Gasteiger partial charge in [-0.3, -0.25) is 0 Å². The summed E-state index contributed by atoms with van der Waals surface area (Å²) in [6.07, 6.45) is 2.12. The van der Waals surface area contributed by atoms with E-state index >= 15 is 0 Å². The second-order valence-electron chi connectivity index (χ2n) is 4.33. The maximum atomic E-state index is 5.43. The van der Waals surface area contributed by atoms with Crippen LogP contribution in [0.2, 0.25) is 0 Å². The number of methoxy groups -OCH3 is 2. The fraction of sp³-hybridized carbons (Fsp3) is 0.600. The van der Waals surface area contributed by atoms with Crippen molar-refractivity contribution in [1.29, 1.82) is 0 Å². The summed E-state index contributed by atoms with van der Waals surface area (Å²) in [7, 11) is 3.30. The molecular weight excluding hydrogens is 242 g/mol. The van der Waals surface area contributed by atoms with Gasteiger partial charge in [-0.1, -0.05) is 13.0 Å². The van der Waals surface area contributed by atoms with Crippen LogP contribution in [0.5, 0.6) is 11.5 Å².